The number of nitrogens with zero attached hydrogens (tertiary/aromatic N) is 1. The van der Waals surface area contributed by atoms with E-state index in [9.17, 15) is 19.2 Å². The second kappa shape index (κ2) is 9.70. The number of hydrogen-bond donors (Lipinski definition) is 2. The van der Waals surface area contributed by atoms with Gasteiger partial charge in [-0.2, -0.15) is 8.78 Å². The van der Waals surface area contributed by atoms with E-state index in [2.05, 4.69) is 10.6 Å². The van der Waals surface area contributed by atoms with Gasteiger partial charge >= 0.3 is 5.92 Å². The molecule has 0 aromatic heterocycles. The number of fused-ring (bicyclic) bond motifs is 1. The van der Waals surface area contributed by atoms with Gasteiger partial charge in [-0.3, -0.25) is 24.5 Å². The maximum atomic E-state index is 15.5. The normalized spacial score (nSPS) is 18.4. The van der Waals surface area contributed by atoms with Crippen LogP contribution in [0.1, 0.15) is 45.8 Å². The summed E-state index contributed by atoms with van der Waals surface area (Å²) in [6, 6.07) is 4.09. The molecular formula is C22H23B5ClF2N3O4. The minimum absolute atomic E-state index is 0.144. The molecule has 0 spiro atoms. The molecule has 0 saturated carbocycles. The van der Waals surface area contributed by atoms with Crippen LogP contribution in [0.3, 0.4) is 0 Å². The second-order valence-corrected chi connectivity index (χ2v) is 10.2. The summed E-state index contributed by atoms with van der Waals surface area (Å²) >= 11 is 6.28. The standard InChI is InChI=1S/C22H23B5ClF2N3O4/c23-13-12(14(24)16(26)17(28)15(13)25)22(29,30)21(37)32-18(27)7-1-2-9-8(5-7)6-33(20(9)36)10-3-4-11(34)31-19(10)35/h1-2,5,10,18H,3-4,6,23-27H2,(H,32,37)(H,31,34,35). The maximum Gasteiger partial charge on any atom is 0.348 e. The summed E-state index contributed by atoms with van der Waals surface area (Å²) in [5, 5.41) is 5.07. The average molecular weight is 521 g/mol. The Balaban J connectivity index is 1.54. The molecule has 4 rings (SSSR count). The summed E-state index contributed by atoms with van der Waals surface area (Å²) < 4.78 is 30.9. The summed E-state index contributed by atoms with van der Waals surface area (Å²) in [4.78, 5) is 50.9. The molecule has 2 heterocycles. The number of nitrogens with one attached hydrogen (secondary N) is 2. The van der Waals surface area contributed by atoms with Crippen molar-refractivity contribution in [2.75, 3.05) is 0 Å². The van der Waals surface area contributed by atoms with E-state index in [1.807, 2.05) is 0 Å². The zero-order valence-corrected chi connectivity index (χ0v) is 22.0. The third-order valence-electron chi connectivity index (χ3n) is 7.53. The number of imide groups is 1. The van der Waals surface area contributed by atoms with Crippen molar-refractivity contribution in [2.45, 2.75) is 37.3 Å². The van der Waals surface area contributed by atoms with Gasteiger partial charge in [0.05, 0.1) is 0 Å². The van der Waals surface area contributed by atoms with Crippen LogP contribution in [0.5, 0.6) is 0 Å². The van der Waals surface area contributed by atoms with Gasteiger partial charge in [-0.15, -0.1) is 0 Å². The fourth-order valence-electron chi connectivity index (χ4n) is 5.09. The van der Waals surface area contributed by atoms with Gasteiger partial charge in [0.2, 0.25) is 11.8 Å². The Hall–Kier alpha value is -3.01. The molecule has 7 nitrogen and oxygen atoms in total. The Bertz CT molecular complexity index is 1350. The van der Waals surface area contributed by atoms with Crippen molar-refractivity contribution in [1.82, 2.24) is 15.5 Å². The van der Waals surface area contributed by atoms with Crippen LogP contribution in [0, 0.1) is 0 Å². The Morgan fingerprint density at radius 3 is 2.32 bits per heavy atom. The van der Waals surface area contributed by atoms with Crippen LogP contribution in [0.2, 0.25) is 5.02 Å². The fraction of sp³-hybridized carbons (Fsp3) is 0.273. The van der Waals surface area contributed by atoms with Gasteiger partial charge in [-0.25, -0.2) is 0 Å². The van der Waals surface area contributed by atoms with E-state index in [-0.39, 0.29) is 47.7 Å². The molecule has 2 N–H and O–H groups in total. The number of carbonyl (C=O) groups is 4. The minimum Gasteiger partial charge on any atom is -0.352 e. The topological polar surface area (TPSA) is 95.6 Å². The number of piperidine rings is 1. The first-order chi connectivity index (χ1) is 17.2. The van der Waals surface area contributed by atoms with E-state index in [4.69, 9.17) is 11.6 Å². The van der Waals surface area contributed by atoms with E-state index in [1.165, 1.54) is 20.6 Å². The maximum absolute atomic E-state index is 15.5. The summed E-state index contributed by atoms with van der Waals surface area (Å²) in [7, 11) is 7.93. The molecule has 2 aromatic rings. The minimum atomic E-state index is -3.79. The van der Waals surface area contributed by atoms with Crippen LogP contribution < -0.4 is 32.5 Å². The number of alkyl halides is 2. The van der Waals surface area contributed by atoms with Crippen LogP contribution in [0.15, 0.2) is 18.2 Å². The van der Waals surface area contributed by atoms with Crippen molar-refractivity contribution in [2.24, 2.45) is 0 Å². The number of carbonyl (C=O) groups excluding carboxylic acids is 4. The number of amides is 4. The first-order valence-corrected chi connectivity index (χ1v) is 12.4. The molecule has 2 aliphatic rings. The van der Waals surface area contributed by atoms with Crippen molar-refractivity contribution in [3.8, 4) is 0 Å². The molecular weight excluding hydrogens is 498 g/mol. The Kier molecular flexibility index (Phi) is 7.09. The van der Waals surface area contributed by atoms with Crippen LogP contribution in [-0.4, -0.2) is 73.8 Å². The molecule has 37 heavy (non-hydrogen) atoms. The fourth-order valence-corrected chi connectivity index (χ4v) is 5.37. The monoisotopic (exact) mass is 521 g/mol. The van der Waals surface area contributed by atoms with Crippen LogP contribution in [0.4, 0.5) is 8.78 Å². The number of halogens is 3. The second-order valence-electron chi connectivity index (χ2n) is 9.78. The van der Waals surface area contributed by atoms with Gasteiger partial charge in [-0.1, -0.05) is 45.6 Å². The highest BCUT2D eigenvalue weighted by atomic mass is 35.5. The Morgan fingerprint density at radius 2 is 1.73 bits per heavy atom. The van der Waals surface area contributed by atoms with Crippen LogP contribution >= 0.6 is 11.6 Å². The van der Waals surface area contributed by atoms with Crippen molar-refractivity contribution >= 4 is 96.3 Å². The van der Waals surface area contributed by atoms with E-state index in [0.717, 1.165) is 0 Å². The van der Waals surface area contributed by atoms with Gasteiger partial charge in [0.15, 0.2) is 0 Å². The summed E-state index contributed by atoms with van der Waals surface area (Å²) in [5.41, 5.74) is 2.75. The van der Waals surface area contributed by atoms with Gasteiger partial charge in [0.1, 0.15) is 45.3 Å². The molecule has 15 heteroatoms. The number of hydrogen-bond acceptors (Lipinski definition) is 4. The molecule has 1 fully saturated rings. The molecule has 0 bridgehead atoms. The SMILES string of the molecule is Bc1c(B)c(C(F)(F)C(=O)NC(B)c2ccc3c(c2)CN(C2CCC(=O)NC2=O)C3=O)c(B)c(B)c1Cl. The van der Waals surface area contributed by atoms with E-state index >= 15 is 8.78 Å². The van der Waals surface area contributed by atoms with Gasteiger partial charge in [-0.05, 0) is 23.6 Å². The van der Waals surface area contributed by atoms with E-state index in [0.29, 0.717) is 32.6 Å². The predicted octanol–water partition coefficient (Wildman–Crippen LogP) is -5.33. The Labute approximate surface area is 222 Å². The molecule has 2 aromatic carbocycles. The highest BCUT2D eigenvalue weighted by Gasteiger charge is 2.44. The average Bonchev–Trinajstić information content (AvgIpc) is 3.16. The first kappa shape index (κ1) is 27.0. The summed E-state index contributed by atoms with van der Waals surface area (Å²) in [5.74, 6) is -7.23. The highest BCUT2D eigenvalue weighted by molar-refractivity contribution is 6.64. The number of rotatable bonds is 5. The molecule has 4 amide bonds. The first-order valence-electron chi connectivity index (χ1n) is 12.0. The molecule has 2 aliphatic heterocycles. The zero-order chi connectivity index (χ0) is 27.4. The molecule has 2 unspecified atom stereocenters. The van der Waals surface area contributed by atoms with Crippen molar-refractivity contribution in [1.29, 1.82) is 0 Å². The third kappa shape index (κ3) is 4.60. The largest absolute Gasteiger partial charge is 0.352 e. The smallest absolute Gasteiger partial charge is 0.348 e. The Morgan fingerprint density at radius 1 is 1.11 bits per heavy atom. The quantitative estimate of drug-likeness (QED) is 0.304. The molecule has 0 aliphatic carbocycles. The third-order valence-corrected chi connectivity index (χ3v) is 8.09. The lowest BCUT2D eigenvalue weighted by Crippen LogP contribution is -2.53. The molecule has 0 radical (unpaired) electrons. The van der Waals surface area contributed by atoms with Crippen molar-refractivity contribution in [3.05, 3.63) is 45.5 Å². The van der Waals surface area contributed by atoms with Crippen molar-refractivity contribution < 1.29 is 28.0 Å². The lowest BCUT2D eigenvalue weighted by molar-refractivity contribution is -0.147. The molecule has 2 atom stereocenters. The van der Waals surface area contributed by atoms with E-state index in [1.54, 1.807) is 41.7 Å². The van der Waals surface area contributed by atoms with E-state index < -0.39 is 29.7 Å². The zero-order valence-electron chi connectivity index (χ0n) is 21.2. The summed E-state index contributed by atoms with van der Waals surface area (Å²) in [6.07, 6.45) is 0.381. The van der Waals surface area contributed by atoms with Crippen LogP contribution in [0.25, 0.3) is 0 Å². The van der Waals surface area contributed by atoms with Crippen LogP contribution in [-0.2, 0) is 26.9 Å². The van der Waals surface area contributed by atoms with Gasteiger partial charge in [0.25, 0.3) is 11.8 Å². The van der Waals surface area contributed by atoms with Gasteiger partial charge in [0, 0.05) is 35.1 Å². The highest BCUT2D eigenvalue weighted by Crippen LogP contribution is 2.30. The molecule has 186 valence electrons. The predicted molar refractivity (Wildman–Crippen MR) is 150 cm³/mol. The summed E-state index contributed by atoms with van der Waals surface area (Å²) in [6.45, 7) is 0.146. The lowest BCUT2D eigenvalue weighted by Gasteiger charge is -2.29. The van der Waals surface area contributed by atoms with Gasteiger partial charge < -0.3 is 10.2 Å². The van der Waals surface area contributed by atoms with Crippen molar-refractivity contribution in [3.63, 3.8) is 0 Å². The molecule has 1 saturated heterocycles. The lowest BCUT2D eigenvalue weighted by atomic mass is 9.66. The number of benzene rings is 2.